The van der Waals surface area contributed by atoms with Crippen LogP contribution in [0.15, 0.2) is 24.5 Å². The summed E-state index contributed by atoms with van der Waals surface area (Å²) in [5.74, 6) is -0.412. The average molecular weight is 208 g/mol. The van der Waals surface area contributed by atoms with Crippen LogP contribution in [0.3, 0.4) is 0 Å². The topological polar surface area (TPSA) is 62.2 Å². The van der Waals surface area contributed by atoms with Crippen molar-refractivity contribution in [3.8, 4) is 0 Å². The zero-order valence-corrected chi connectivity index (χ0v) is 8.81. The van der Waals surface area contributed by atoms with Crippen molar-refractivity contribution >= 4 is 5.91 Å². The second-order valence-electron chi connectivity index (χ2n) is 3.37. The molecule has 0 fully saturated rings. The van der Waals surface area contributed by atoms with E-state index in [1.165, 1.54) is 0 Å². The Morgan fingerprint density at radius 1 is 1.67 bits per heavy atom. The number of nitrogens with one attached hydrogen (secondary N) is 1. The second-order valence-corrected chi connectivity index (χ2v) is 3.37. The molecule has 2 N–H and O–H groups in total. The number of pyridine rings is 1. The Bertz CT molecular complexity index is 297. The van der Waals surface area contributed by atoms with Gasteiger partial charge in [-0.25, -0.2) is 0 Å². The van der Waals surface area contributed by atoms with Gasteiger partial charge in [0.2, 0.25) is 5.91 Å². The first-order valence-electron chi connectivity index (χ1n) is 5.05. The monoisotopic (exact) mass is 208 g/mol. The average Bonchev–Trinajstić information content (AvgIpc) is 2.29. The van der Waals surface area contributed by atoms with E-state index in [0.29, 0.717) is 13.0 Å². The molecule has 1 unspecified atom stereocenters. The summed E-state index contributed by atoms with van der Waals surface area (Å²) in [6, 6.07) is 3.72. The van der Waals surface area contributed by atoms with Gasteiger partial charge in [0.25, 0.3) is 0 Å². The SMILES string of the molecule is CCC(CO)C(=O)NCc1cccnc1. The molecule has 82 valence electrons. The van der Waals surface area contributed by atoms with Crippen molar-refractivity contribution in [3.05, 3.63) is 30.1 Å². The maximum Gasteiger partial charge on any atom is 0.225 e. The molecule has 4 nitrogen and oxygen atoms in total. The molecule has 1 amide bonds. The lowest BCUT2D eigenvalue weighted by Gasteiger charge is -2.11. The zero-order chi connectivity index (χ0) is 11.1. The van der Waals surface area contributed by atoms with Gasteiger partial charge in [0.15, 0.2) is 0 Å². The van der Waals surface area contributed by atoms with Gasteiger partial charge >= 0.3 is 0 Å². The summed E-state index contributed by atoms with van der Waals surface area (Å²) in [6.45, 7) is 2.24. The van der Waals surface area contributed by atoms with E-state index in [1.807, 2.05) is 19.1 Å². The number of hydrogen-bond acceptors (Lipinski definition) is 3. The van der Waals surface area contributed by atoms with E-state index < -0.39 is 0 Å². The van der Waals surface area contributed by atoms with E-state index in [0.717, 1.165) is 5.56 Å². The van der Waals surface area contributed by atoms with Crippen LogP contribution in [0.4, 0.5) is 0 Å². The van der Waals surface area contributed by atoms with E-state index in [9.17, 15) is 4.79 Å². The molecular weight excluding hydrogens is 192 g/mol. The summed E-state index contributed by atoms with van der Waals surface area (Å²) in [5.41, 5.74) is 0.957. The summed E-state index contributed by atoms with van der Waals surface area (Å²) in [4.78, 5) is 15.4. The maximum absolute atomic E-state index is 11.5. The Morgan fingerprint density at radius 3 is 3.00 bits per heavy atom. The lowest BCUT2D eigenvalue weighted by atomic mass is 10.1. The highest BCUT2D eigenvalue weighted by Gasteiger charge is 2.14. The summed E-state index contributed by atoms with van der Waals surface area (Å²) < 4.78 is 0. The molecule has 15 heavy (non-hydrogen) atoms. The largest absolute Gasteiger partial charge is 0.396 e. The number of aromatic nitrogens is 1. The van der Waals surface area contributed by atoms with Crippen LogP contribution in [0.5, 0.6) is 0 Å². The predicted octanol–water partition coefficient (Wildman–Crippen LogP) is 0.716. The fraction of sp³-hybridized carbons (Fsp3) is 0.455. The minimum atomic E-state index is -0.304. The fourth-order valence-corrected chi connectivity index (χ4v) is 1.23. The molecule has 0 aliphatic carbocycles. The van der Waals surface area contributed by atoms with Gasteiger partial charge < -0.3 is 10.4 Å². The zero-order valence-electron chi connectivity index (χ0n) is 8.81. The van der Waals surface area contributed by atoms with Crippen LogP contribution in [0.1, 0.15) is 18.9 Å². The van der Waals surface area contributed by atoms with Crippen molar-refractivity contribution in [1.82, 2.24) is 10.3 Å². The molecule has 1 rings (SSSR count). The van der Waals surface area contributed by atoms with Crippen LogP contribution in [0, 0.1) is 5.92 Å². The molecule has 0 spiro atoms. The molecular formula is C11H16N2O2. The van der Waals surface area contributed by atoms with Crippen LogP contribution in [0.25, 0.3) is 0 Å². The molecule has 4 heteroatoms. The van der Waals surface area contributed by atoms with Gasteiger partial charge in [-0.1, -0.05) is 13.0 Å². The quantitative estimate of drug-likeness (QED) is 0.749. The maximum atomic E-state index is 11.5. The second kappa shape index (κ2) is 6.14. The molecule has 0 aliphatic rings. The molecule has 0 aromatic carbocycles. The summed E-state index contributed by atoms with van der Waals surface area (Å²) in [7, 11) is 0. The smallest absolute Gasteiger partial charge is 0.225 e. The first kappa shape index (κ1) is 11.7. The van der Waals surface area contributed by atoms with Gasteiger partial charge in [-0.3, -0.25) is 9.78 Å². The van der Waals surface area contributed by atoms with Gasteiger partial charge in [0.05, 0.1) is 12.5 Å². The number of rotatable bonds is 5. The highest BCUT2D eigenvalue weighted by Crippen LogP contribution is 2.02. The highest BCUT2D eigenvalue weighted by atomic mass is 16.3. The van der Waals surface area contributed by atoms with Gasteiger partial charge in [-0.15, -0.1) is 0 Å². The van der Waals surface area contributed by atoms with Gasteiger partial charge in [0.1, 0.15) is 0 Å². The van der Waals surface area contributed by atoms with Crippen molar-refractivity contribution < 1.29 is 9.90 Å². The third kappa shape index (κ3) is 3.67. The lowest BCUT2D eigenvalue weighted by Crippen LogP contribution is -2.31. The minimum absolute atomic E-state index is 0.102. The molecule has 0 bridgehead atoms. The highest BCUT2D eigenvalue weighted by molar-refractivity contribution is 5.78. The standard InChI is InChI=1S/C11H16N2O2/c1-2-10(8-14)11(15)13-7-9-4-3-5-12-6-9/h3-6,10,14H,2,7-8H2,1H3,(H,13,15). The Hall–Kier alpha value is -1.42. The van der Waals surface area contributed by atoms with E-state index in [-0.39, 0.29) is 18.4 Å². The predicted molar refractivity (Wildman–Crippen MR) is 57.0 cm³/mol. The lowest BCUT2D eigenvalue weighted by molar-refractivity contribution is -0.126. The van der Waals surface area contributed by atoms with Gasteiger partial charge in [-0.05, 0) is 18.1 Å². The Balaban J connectivity index is 2.40. The Kier molecular flexibility index (Phi) is 4.77. The minimum Gasteiger partial charge on any atom is -0.396 e. The van der Waals surface area contributed by atoms with Crippen molar-refractivity contribution in [3.63, 3.8) is 0 Å². The first-order chi connectivity index (χ1) is 7.27. The van der Waals surface area contributed by atoms with Gasteiger partial charge in [0, 0.05) is 18.9 Å². The van der Waals surface area contributed by atoms with Gasteiger partial charge in [-0.2, -0.15) is 0 Å². The van der Waals surface area contributed by atoms with E-state index in [1.54, 1.807) is 12.4 Å². The number of aliphatic hydroxyl groups excluding tert-OH is 1. The van der Waals surface area contributed by atoms with Crippen LogP contribution in [-0.4, -0.2) is 22.6 Å². The Morgan fingerprint density at radius 2 is 2.47 bits per heavy atom. The molecule has 1 heterocycles. The number of nitrogens with zero attached hydrogens (tertiary/aromatic N) is 1. The summed E-state index contributed by atoms with van der Waals surface area (Å²) in [6.07, 6.45) is 4.05. The third-order valence-electron chi connectivity index (χ3n) is 2.27. The molecule has 1 aromatic rings. The number of aliphatic hydroxyl groups is 1. The Labute approximate surface area is 89.3 Å². The molecule has 0 aliphatic heterocycles. The number of hydrogen-bond donors (Lipinski definition) is 2. The van der Waals surface area contributed by atoms with Crippen LogP contribution in [-0.2, 0) is 11.3 Å². The van der Waals surface area contributed by atoms with E-state index in [2.05, 4.69) is 10.3 Å². The molecule has 0 radical (unpaired) electrons. The molecule has 0 saturated carbocycles. The summed E-state index contributed by atoms with van der Waals surface area (Å²) in [5, 5.41) is 11.7. The number of amides is 1. The fourth-order valence-electron chi connectivity index (χ4n) is 1.23. The number of carbonyl (C=O) groups is 1. The van der Waals surface area contributed by atoms with Crippen molar-refractivity contribution in [2.45, 2.75) is 19.9 Å². The number of carbonyl (C=O) groups excluding carboxylic acids is 1. The molecule has 0 saturated heterocycles. The van der Waals surface area contributed by atoms with Crippen LogP contribution < -0.4 is 5.32 Å². The van der Waals surface area contributed by atoms with Crippen LogP contribution in [0.2, 0.25) is 0 Å². The molecule has 1 aromatic heterocycles. The van der Waals surface area contributed by atoms with Crippen molar-refractivity contribution in [2.75, 3.05) is 6.61 Å². The first-order valence-corrected chi connectivity index (χ1v) is 5.05. The molecule has 1 atom stereocenters. The third-order valence-corrected chi connectivity index (χ3v) is 2.27. The van der Waals surface area contributed by atoms with E-state index >= 15 is 0 Å². The van der Waals surface area contributed by atoms with Crippen molar-refractivity contribution in [2.24, 2.45) is 5.92 Å². The normalized spacial score (nSPS) is 12.1. The van der Waals surface area contributed by atoms with Crippen LogP contribution >= 0.6 is 0 Å². The van der Waals surface area contributed by atoms with E-state index in [4.69, 9.17) is 5.11 Å². The summed E-state index contributed by atoms with van der Waals surface area (Å²) >= 11 is 0. The van der Waals surface area contributed by atoms with Crippen molar-refractivity contribution in [1.29, 1.82) is 0 Å².